The van der Waals surface area contributed by atoms with Crippen LogP contribution in [0.3, 0.4) is 0 Å². The molecule has 0 radical (unpaired) electrons. The van der Waals surface area contributed by atoms with E-state index in [1.807, 2.05) is 0 Å². The molecule has 2 rings (SSSR count). The quantitative estimate of drug-likeness (QED) is 0.848. The van der Waals surface area contributed by atoms with Crippen LogP contribution in [0, 0.1) is 12.8 Å². The molecule has 110 valence electrons. The third-order valence-corrected chi connectivity index (χ3v) is 4.83. The van der Waals surface area contributed by atoms with E-state index < -0.39 is 5.97 Å². The van der Waals surface area contributed by atoms with Crippen LogP contribution in [0.1, 0.15) is 41.9 Å². The SMILES string of the molecule is Cc1ccc(CCCC(=O)N[C@H]2CC[C@@H](C(=O)O)C2)s1. The van der Waals surface area contributed by atoms with E-state index in [0.717, 1.165) is 19.3 Å². The number of carbonyl (C=O) groups excluding carboxylic acids is 1. The number of aliphatic carboxylic acids is 1. The molecule has 1 aromatic heterocycles. The fraction of sp³-hybridized carbons (Fsp3) is 0.600. The first-order valence-electron chi connectivity index (χ1n) is 7.12. The highest BCUT2D eigenvalue weighted by atomic mass is 32.1. The third-order valence-electron chi connectivity index (χ3n) is 3.77. The molecular weight excluding hydrogens is 274 g/mol. The molecule has 0 spiro atoms. The predicted octanol–water partition coefficient (Wildman–Crippen LogP) is 2.75. The monoisotopic (exact) mass is 295 g/mol. The van der Waals surface area contributed by atoms with Crippen LogP contribution in [0.5, 0.6) is 0 Å². The number of carbonyl (C=O) groups is 2. The van der Waals surface area contributed by atoms with Crippen molar-refractivity contribution in [2.75, 3.05) is 0 Å². The number of amides is 1. The van der Waals surface area contributed by atoms with E-state index in [4.69, 9.17) is 5.11 Å². The van der Waals surface area contributed by atoms with Gasteiger partial charge in [-0.3, -0.25) is 9.59 Å². The zero-order valence-corrected chi connectivity index (χ0v) is 12.5. The average molecular weight is 295 g/mol. The van der Waals surface area contributed by atoms with Crippen molar-refractivity contribution in [1.29, 1.82) is 0 Å². The van der Waals surface area contributed by atoms with Crippen molar-refractivity contribution < 1.29 is 14.7 Å². The standard InChI is InChI=1S/C15H21NO3S/c1-10-5-8-13(20-10)3-2-4-14(17)16-12-7-6-11(9-12)15(18)19/h5,8,11-12H,2-4,6-7,9H2,1H3,(H,16,17)(H,18,19)/t11-,12+/m1/s1. The lowest BCUT2D eigenvalue weighted by Gasteiger charge is -2.12. The molecule has 0 unspecified atom stereocenters. The Kier molecular flexibility index (Phi) is 5.17. The minimum Gasteiger partial charge on any atom is -0.481 e. The van der Waals surface area contributed by atoms with E-state index in [-0.39, 0.29) is 17.9 Å². The first-order valence-corrected chi connectivity index (χ1v) is 7.93. The molecule has 2 N–H and O–H groups in total. The first-order chi connectivity index (χ1) is 9.54. The van der Waals surface area contributed by atoms with Gasteiger partial charge in [-0.15, -0.1) is 11.3 Å². The van der Waals surface area contributed by atoms with Gasteiger partial charge in [0.25, 0.3) is 0 Å². The lowest BCUT2D eigenvalue weighted by Crippen LogP contribution is -2.33. The molecular formula is C15H21NO3S. The van der Waals surface area contributed by atoms with Crippen molar-refractivity contribution in [1.82, 2.24) is 5.32 Å². The molecule has 1 aliphatic carbocycles. The Morgan fingerprint density at radius 1 is 1.40 bits per heavy atom. The molecule has 4 nitrogen and oxygen atoms in total. The topological polar surface area (TPSA) is 66.4 Å². The molecule has 1 heterocycles. The number of hydrogen-bond acceptors (Lipinski definition) is 3. The van der Waals surface area contributed by atoms with Crippen molar-refractivity contribution >= 4 is 23.2 Å². The van der Waals surface area contributed by atoms with Gasteiger partial charge in [0.2, 0.25) is 5.91 Å². The summed E-state index contributed by atoms with van der Waals surface area (Å²) in [6, 6.07) is 4.27. The zero-order chi connectivity index (χ0) is 14.5. The second-order valence-electron chi connectivity index (χ2n) is 5.48. The van der Waals surface area contributed by atoms with Crippen LogP contribution in [0.25, 0.3) is 0 Å². The van der Waals surface area contributed by atoms with Crippen molar-refractivity contribution in [3.8, 4) is 0 Å². The van der Waals surface area contributed by atoms with Crippen LogP contribution in [-0.2, 0) is 16.0 Å². The summed E-state index contributed by atoms with van der Waals surface area (Å²) in [6.45, 7) is 2.08. The summed E-state index contributed by atoms with van der Waals surface area (Å²) in [5.74, 6) is -0.974. The molecule has 0 bridgehead atoms. The van der Waals surface area contributed by atoms with Crippen molar-refractivity contribution in [2.45, 2.75) is 51.5 Å². The Morgan fingerprint density at radius 3 is 2.80 bits per heavy atom. The van der Waals surface area contributed by atoms with Gasteiger partial charge in [0.15, 0.2) is 0 Å². The summed E-state index contributed by atoms with van der Waals surface area (Å²) < 4.78 is 0. The molecule has 0 aromatic carbocycles. The minimum absolute atomic E-state index is 0.0487. The van der Waals surface area contributed by atoms with E-state index in [1.165, 1.54) is 9.75 Å². The maximum atomic E-state index is 11.8. The highest BCUT2D eigenvalue weighted by molar-refractivity contribution is 7.11. The van der Waals surface area contributed by atoms with E-state index in [0.29, 0.717) is 19.3 Å². The van der Waals surface area contributed by atoms with Crippen molar-refractivity contribution in [3.05, 3.63) is 21.9 Å². The van der Waals surface area contributed by atoms with Crippen LogP contribution >= 0.6 is 11.3 Å². The van der Waals surface area contributed by atoms with Gasteiger partial charge in [-0.25, -0.2) is 0 Å². The van der Waals surface area contributed by atoms with Crippen LogP contribution in [0.15, 0.2) is 12.1 Å². The molecule has 2 atom stereocenters. The number of nitrogens with one attached hydrogen (secondary N) is 1. The minimum atomic E-state index is -0.741. The van der Waals surface area contributed by atoms with Gasteiger partial charge in [-0.1, -0.05) is 0 Å². The second kappa shape index (κ2) is 6.88. The number of hydrogen-bond donors (Lipinski definition) is 2. The molecule has 1 fully saturated rings. The highest BCUT2D eigenvalue weighted by Gasteiger charge is 2.30. The van der Waals surface area contributed by atoms with Crippen LogP contribution in [-0.4, -0.2) is 23.0 Å². The molecule has 20 heavy (non-hydrogen) atoms. The summed E-state index contributed by atoms with van der Waals surface area (Å²) in [5.41, 5.74) is 0. The van der Waals surface area contributed by atoms with Gasteiger partial charge < -0.3 is 10.4 Å². The third kappa shape index (κ3) is 4.34. The number of rotatable bonds is 6. The maximum Gasteiger partial charge on any atom is 0.306 e. The largest absolute Gasteiger partial charge is 0.481 e. The van der Waals surface area contributed by atoms with Gasteiger partial charge in [0, 0.05) is 22.2 Å². The maximum absolute atomic E-state index is 11.8. The van der Waals surface area contributed by atoms with Crippen molar-refractivity contribution in [3.63, 3.8) is 0 Å². The summed E-state index contributed by atoms with van der Waals surface area (Å²) in [7, 11) is 0. The summed E-state index contributed by atoms with van der Waals surface area (Å²) >= 11 is 1.78. The fourth-order valence-corrected chi connectivity index (χ4v) is 3.61. The van der Waals surface area contributed by atoms with Crippen LogP contribution in [0.2, 0.25) is 0 Å². The summed E-state index contributed by atoms with van der Waals surface area (Å²) in [4.78, 5) is 25.3. The fourth-order valence-electron chi connectivity index (χ4n) is 2.68. The lowest BCUT2D eigenvalue weighted by atomic mass is 10.1. The molecule has 1 aromatic rings. The summed E-state index contributed by atoms with van der Waals surface area (Å²) in [5, 5.41) is 11.9. The smallest absolute Gasteiger partial charge is 0.306 e. The van der Waals surface area contributed by atoms with Gasteiger partial charge in [-0.05, 0) is 51.2 Å². The van der Waals surface area contributed by atoms with Crippen LogP contribution in [0.4, 0.5) is 0 Å². The van der Waals surface area contributed by atoms with Gasteiger partial charge >= 0.3 is 5.97 Å². The summed E-state index contributed by atoms with van der Waals surface area (Å²) in [6.07, 6.45) is 4.34. The molecule has 1 aliphatic rings. The normalized spacial score (nSPS) is 21.9. The Morgan fingerprint density at radius 2 is 2.20 bits per heavy atom. The van der Waals surface area contributed by atoms with E-state index in [2.05, 4.69) is 24.4 Å². The van der Waals surface area contributed by atoms with Gasteiger partial charge in [0.05, 0.1) is 5.92 Å². The van der Waals surface area contributed by atoms with E-state index >= 15 is 0 Å². The molecule has 5 heteroatoms. The second-order valence-corrected chi connectivity index (χ2v) is 6.85. The van der Waals surface area contributed by atoms with Crippen LogP contribution < -0.4 is 5.32 Å². The number of thiophene rings is 1. The molecule has 0 aliphatic heterocycles. The zero-order valence-electron chi connectivity index (χ0n) is 11.7. The number of carboxylic acid groups (broad SMARTS) is 1. The van der Waals surface area contributed by atoms with Crippen molar-refractivity contribution in [2.24, 2.45) is 5.92 Å². The highest BCUT2D eigenvalue weighted by Crippen LogP contribution is 2.25. The molecule has 1 saturated carbocycles. The van der Waals surface area contributed by atoms with Gasteiger partial charge in [0.1, 0.15) is 0 Å². The lowest BCUT2D eigenvalue weighted by molar-refractivity contribution is -0.141. The van der Waals surface area contributed by atoms with E-state index in [1.54, 1.807) is 11.3 Å². The first kappa shape index (κ1) is 15.0. The average Bonchev–Trinajstić information content (AvgIpc) is 2.99. The Labute approximate surface area is 123 Å². The Hall–Kier alpha value is -1.36. The Bertz CT molecular complexity index is 483. The molecule has 1 amide bonds. The van der Waals surface area contributed by atoms with Gasteiger partial charge in [-0.2, -0.15) is 0 Å². The Balaban J connectivity index is 1.65. The number of carboxylic acids is 1. The van der Waals surface area contributed by atoms with E-state index in [9.17, 15) is 9.59 Å². The predicted molar refractivity (Wildman–Crippen MR) is 78.9 cm³/mol. The molecule has 0 saturated heterocycles. The number of aryl methyl sites for hydroxylation is 2.